The molecule has 2 heterocycles. The third kappa shape index (κ3) is 3.93. The molecule has 4 aromatic rings. The third-order valence-electron chi connectivity index (χ3n) is 5.65. The van der Waals surface area contributed by atoms with Crippen LogP contribution in [0.4, 0.5) is 15.2 Å². The van der Waals surface area contributed by atoms with Gasteiger partial charge in [0.05, 0.1) is 30.5 Å². The van der Waals surface area contributed by atoms with Crippen LogP contribution in [0.2, 0.25) is 0 Å². The van der Waals surface area contributed by atoms with Gasteiger partial charge in [0.15, 0.2) is 5.13 Å². The number of hydrogen-bond acceptors (Lipinski definition) is 5. The molecule has 1 aliphatic rings. The largest absolute Gasteiger partial charge is 0.494 e. The fourth-order valence-electron chi connectivity index (χ4n) is 4.14. The zero-order valence-corrected chi connectivity index (χ0v) is 18.2. The normalized spacial score (nSPS) is 15.5. The van der Waals surface area contributed by atoms with E-state index in [1.807, 2.05) is 48.0 Å². The highest BCUT2D eigenvalue weighted by molar-refractivity contribution is 7.15. The summed E-state index contributed by atoms with van der Waals surface area (Å²) in [6.45, 7) is 1.96. The Morgan fingerprint density at radius 1 is 1.19 bits per heavy atom. The van der Waals surface area contributed by atoms with Gasteiger partial charge in [0.1, 0.15) is 11.6 Å². The molecule has 2 aromatic heterocycles. The van der Waals surface area contributed by atoms with Gasteiger partial charge >= 0.3 is 0 Å². The predicted octanol–water partition coefficient (Wildman–Crippen LogP) is 6.00. The van der Waals surface area contributed by atoms with E-state index in [1.54, 1.807) is 24.8 Å². The molecule has 5 rings (SSSR count). The van der Waals surface area contributed by atoms with E-state index in [2.05, 4.69) is 10.3 Å². The summed E-state index contributed by atoms with van der Waals surface area (Å²) in [4.78, 5) is 10.5. The van der Waals surface area contributed by atoms with Gasteiger partial charge in [0, 0.05) is 28.7 Å². The zero-order chi connectivity index (χ0) is 21.4. The Bertz CT molecular complexity index is 1210. The average Bonchev–Trinajstić information content (AvgIpc) is 3.39. The number of nitrogens with one attached hydrogen (secondary N) is 1. The summed E-state index contributed by atoms with van der Waals surface area (Å²) in [7, 11) is 1.67. The zero-order valence-electron chi connectivity index (χ0n) is 17.4. The molecule has 0 radical (unpaired) electrons. The van der Waals surface area contributed by atoms with Crippen molar-refractivity contribution in [1.82, 2.24) is 14.5 Å². The molecule has 7 heteroatoms. The van der Waals surface area contributed by atoms with Crippen LogP contribution in [0.1, 0.15) is 40.6 Å². The van der Waals surface area contributed by atoms with Crippen molar-refractivity contribution in [2.24, 2.45) is 0 Å². The topological polar surface area (TPSA) is 52.0 Å². The number of ether oxygens (including phenoxy) is 1. The molecule has 0 aliphatic heterocycles. The van der Waals surface area contributed by atoms with Crippen molar-refractivity contribution in [3.8, 4) is 11.4 Å². The molecule has 158 valence electrons. The van der Waals surface area contributed by atoms with Crippen molar-refractivity contribution in [2.45, 2.75) is 32.1 Å². The van der Waals surface area contributed by atoms with Crippen LogP contribution in [0.15, 0.2) is 55.0 Å². The van der Waals surface area contributed by atoms with Crippen LogP contribution in [0.5, 0.6) is 5.75 Å². The van der Waals surface area contributed by atoms with Gasteiger partial charge in [0.2, 0.25) is 0 Å². The van der Waals surface area contributed by atoms with Crippen LogP contribution in [0.25, 0.3) is 5.69 Å². The quantitative estimate of drug-likeness (QED) is 0.419. The Morgan fingerprint density at radius 3 is 2.77 bits per heavy atom. The predicted molar refractivity (Wildman–Crippen MR) is 121 cm³/mol. The first-order valence-electron chi connectivity index (χ1n) is 10.3. The van der Waals surface area contributed by atoms with Crippen molar-refractivity contribution < 1.29 is 9.13 Å². The van der Waals surface area contributed by atoms with E-state index in [9.17, 15) is 4.39 Å². The second-order valence-electron chi connectivity index (χ2n) is 7.76. The maximum absolute atomic E-state index is 13.4. The van der Waals surface area contributed by atoms with Gasteiger partial charge in [-0.25, -0.2) is 14.4 Å². The molecule has 0 bridgehead atoms. The van der Waals surface area contributed by atoms with Gasteiger partial charge < -0.3 is 14.6 Å². The number of rotatable bonds is 5. The van der Waals surface area contributed by atoms with Gasteiger partial charge in [-0.3, -0.25) is 0 Å². The molecular formula is C24H23FN4OS. The number of aromatic nitrogens is 3. The van der Waals surface area contributed by atoms with Gasteiger partial charge in [-0.2, -0.15) is 0 Å². The van der Waals surface area contributed by atoms with E-state index < -0.39 is 0 Å². The standard InChI is InChI=1S/C24H23FN4OS/c1-15-13-29(14-26-15)20-11-10-18(12-21(20)30-2)27-24-28-23-19(4-3-5-22(23)31-24)16-6-8-17(25)9-7-16/h6-14,19H,3-5H2,1-2H3,(H,27,28)/t19-/m1/s1. The minimum absolute atomic E-state index is 0.205. The first-order chi connectivity index (χ1) is 15.1. The maximum atomic E-state index is 13.4. The van der Waals surface area contributed by atoms with Crippen LogP contribution >= 0.6 is 11.3 Å². The first-order valence-corrected chi connectivity index (χ1v) is 11.1. The lowest BCUT2D eigenvalue weighted by Crippen LogP contribution is -2.10. The summed E-state index contributed by atoms with van der Waals surface area (Å²) in [5, 5.41) is 4.31. The van der Waals surface area contributed by atoms with Crippen LogP contribution < -0.4 is 10.1 Å². The van der Waals surface area contributed by atoms with Crippen LogP contribution in [0.3, 0.4) is 0 Å². The second-order valence-corrected chi connectivity index (χ2v) is 8.84. The van der Waals surface area contributed by atoms with Crippen LogP contribution in [0, 0.1) is 12.7 Å². The van der Waals surface area contributed by atoms with E-state index in [4.69, 9.17) is 9.72 Å². The molecule has 0 unspecified atom stereocenters. The Morgan fingerprint density at radius 2 is 2.03 bits per heavy atom. The van der Waals surface area contributed by atoms with Crippen molar-refractivity contribution in [3.05, 3.63) is 82.6 Å². The minimum Gasteiger partial charge on any atom is -0.494 e. The Labute approximate surface area is 184 Å². The molecule has 0 fully saturated rings. The summed E-state index contributed by atoms with van der Waals surface area (Å²) in [6, 6.07) is 12.8. The number of fused-ring (bicyclic) bond motifs is 1. The van der Waals surface area contributed by atoms with E-state index in [-0.39, 0.29) is 11.7 Å². The summed E-state index contributed by atoms with van der Waals surface area (Å²) in [5.74, 6) is 0.772. The molecule has 0 spiro atoms. The molecule has 0 saturated heterocycles. The number of aryl methyl sites for hydroxylation is 2. The summed E-state index contributed by atoms with van der Waals surface area (Å²) in [5.41, 5.74) is 5.04. The molecule has 0 amide bonds. The fourth-order valence-corrected chi connectivity index (χ4v) is 5.22. The highest BCUT2D eigenvalue weighted by Crippen LogP contribution is 2.41. The summed E-state index contributed by atoms with van der Waals surface area (Å²) in [6.07, 6.45) is 6.94. The van der Waals surface area contributed by atoms with Gasteiger partial charge in [-0.15, -0.1) is 11.3 Å². The van der Waals surface area contributed by atoms with E-state index >= 15 is 0 Å². The van der Waals surface area contributed by atoms with Crippen molar-refractivity contribution in [2.75, 3.05) is 12.4 Å². The lowest BCUT2D eigenvalue weighted by Gasteiger charge is -2.21. The number of anilines is 2. The highest BCUT2D eigenvalue weighted by Gasteiger charge is 2.26. The SMILES string of the molecule is COc1cc(Nc2nc3c(s2)CCC[C@@H]3c2ccc(F)cc2)ccc1-n1cnc(C)c1. The van der Waals surface area contributed by atoms with Gasteiger partial charge in [0.25, 0.3) is 0 Å². The number of imidazole rings is 1. The van der Waals surface area contributed by atoms with Crippen LogP contribution in [-0.4, -0.2) is 21.6 Å². The molecule has 1 aliphatic carbocycles. The summed E-state index contributed by atoms with van der Waals surface area (Å²) < 4.78 is 20.9. The fraction of sp³-hybridized carbons (Fsp3) is 0.250. The highest BCUT2D eigenvalue weighted by atomic mass is 32.1. The number of methoxy groups -OCH3 is 1. The molecule has 5 nitrogen and oxygen atoms in total. The first kappa shape index (κ1) is 19.8. The third-order valence-corrected chi connectivity index (χ3v) is 6.69. The molecule has 1 N–H and O–H groups in total. The lowest BCUT2D eigenvalue weighted by atomic mass is 9.85. The van der Waals surface area contributed by atoms with Gasteiger partial charge in [-0.1, -0.05) is 12.1 Å². The van der Waals surface area contributed by atoms with Gasteiger partial charge in [-0.05, 0) is 56.0 Å². The van der Waals surface area contributed by atoms with E-state index in [0.29, 0.717) is 0 Å². The maximum Gasteiger partial charge on any atom is 0.187 e. The molecule has 2 aromatic carbocycles. The molecule has 1 atom stereocenters. The van der Waals surface area contributed by atoms with Crippen molar-refractivity contribution in [3.63, 3.8) is 0 Å². The Hall–Kier alpha value is -3.19. The second kappa shape index (κ2) is 8.15. The Balaban J connectivity index is 1.42. The summed E-state index contributed by atoms with van der Waals surface area (Å²) >= 11 is 1.70. The number of hydrogen-bond donors (Lipinski definition) is 1. The number of nitrogens with zero attached hydrogens (tertiary/aromatic N) is 3. The number of benzene rings is 2. The van der Waals surface area contributed by atoms with E-state index in [1.165, 1.54) is 17.0 Å². The van der Waals surface area contributed by atoms with Crippen molar-refractivity contribution in [1.29, 1.82) is 0 Å². The Kier molecular flexibility index (Phi) is 5.19. The van der Waals surface area contributed by atoms with Crippen molar-refractivity contribution >= 4 is 22.2 Å². The minimum atomic E-state index is -0.205. The molecule has 31 heavy (non-hydrogen) atoms. The van der Waals surface area contributed by atoms with Crippen LogP contribution in [-0.2, 0) is 6.42 Å². The lowest BCUT2D eigenvalue weighted by molar-refractivity contribution is 0.413. The molecule has 0 saturated carbocycles. The number of halogens is 1. The average molecular weight is 435 g/mol. The monoisotopic (exact) mass is 434 g/mol. The smallest absolute Gasteiger partial charge is 0.187 e. The van der Waals surface area contributed by atoms with E-state index in [0.717, 1.165) is 58.5 Å². The number of thiazole rings is 1. The molecular weight excluding hydrogens is 411 g/mol.